The largest absolute Gasteiger partial charge is 0.382 e. The third kappa shape index (κ3) is 4.54. The first kappa shape index (κ1) is 17.3. The minimum atomic E-state index is -0.680. The molecule has 0 spiro atoms. The number of rotatable bonds is 3. The van der Waals surface area contributed by atoms with E-state index in [-0.39, 0.29) is 12.5 Å². The van der Waals surface area contributed by atoms with Crippen molar-refractivity contribution in [2.75, 3.05) is 6.54 Å². The van der Waals surface area contributed by atoms with Crippen molar-refractivity contribution in [1.82, 2.24) is 5.32 Å². The monoisotopic (exact) mass is 372 g/mol. The van der Waals surface area contributed by atoms with E-state index < -0.39 is 6.10 Å². The number of carbonyl (C=O) groups excluding carboxylic acids is 1. The van der Waals surface area contributed by atoms with Gasteiger partial charge in [-0.05, 0) is 24.3 Å². The molecule has 0 saturated heterocycles. The van der Waals surface area contributed by atoms with Crippen LogP contribution in [0.2, 0.25) is 10.0 Å². The zero-order chi connectivity index (χ0) is 17.6. The molecule has 1 heterocycles. The van der Waals surface area contributed by atoms with Crippen LogP contribution >= 0.6 is 23.2 Å². The molecule has 1 unspecified atom stereocenters. The molecule has 0 radical (unpaired) electrons. The molecule has 0 bridgehead atoms. The summed E-state index contributed by atoms with van der Waals surface area (Å²) in [4.78, 5) is 17.4. The van der Waals surface area contributed by atoms with E-state index in [1.54, 1.807) is 18.2 Å². The van der Waals surface area contributed by atoms with Crippen LogP contribution in [0.4, 0.5) is 0 Å². The molecular weight excluding hydrogens is 359 g/mol. The fourth-order valence-corrected chi connectivity index (χ4v) is 2.83. The van der Waals surface area contributed by atoms with Crippen LogP contribution in [0.5, 0.6) is 0 Å². The lowest BCUT2D eigenvalue weighted by atomic mass is 10.0. The average Bonchev–Trinajstić information content (AvgIpc) is 3.09. The van der Waals surface area contributed by atoms with Gasteiger partial charge < -0.3 is 10.2 Å². The fourth-order valence-electron chi connectivity index (χ4n) is 2.31. The Morgan fingerprint density at radius 1 is 1.24 bits per heavy atom. The van der Waals surface area contributed by atoms with E-state index in [9.17, 15) is 4.79 Å². The Hall–Kier alpha value is -2.48. The van der Waals surface area contributed by atoms with Gasteiger partial charge in [-0.1, -0.05) is 64.5 Å². The van der Waals surface area contributed by atoms with Crippen molar-refractivity contribution in [3.05, 3.63) is 69.7 Å². The Morgan fingerprint density at radius 3 is 2.80 bits per heavy atom. The smallest absolute Gasteiger partial charge is 0.265 e. The number of oxime groups is 1. The molecule has 4 nitrogen and oxygen atoms in total. The second-order valence-corrected chi connectivity index (χ2v) is 6.19. The van der Waals surface area contributed by atoms with Gasteiger partial charge in [-0.3, -0.25) is 4.79 Å². The first-order valence-electron chi connectivity index (χ1n) is 7.63. The number of hydrogen-bond acceptors (Lipinski definition) is 3. The van der Waals surface area contributed by atoms with Crippen LogP contribution in [-0.2, 0) is 9.63 Å². The van der Waals surface area contributed by atoms with E-state index in [1.165, 1.54) is 0 Å². The highest BCUT2D eigenvalue weighted by Crippen LogP contribution is 2.25. The van der Waals surface area contributed by atoms with Gasteiger partial charge in [0.15, 0.2) is 0 Å². The van der Waals surface area contributed by atoms with Gasteiger partial charge in [0.1, 0.15) is 0 Å². The molecule has 2 aromatic rings. The molecule has 1 N–H and O–H groups in total. The number of amides is 1. The molecule has 3 rings (SSSR count). The maximum Gasteiger partial charge on any atom is 0.265 e. The number of benzene rings is 2. The first-order chi connectivity index (χ1) is 12.1. The van der Waals surface area contributed by atoms with Crippen LogP contribution in [0.25, 0.3) is 0 Å². The molecule has 0 saturated carbocycles. The molecule has 1 atom stereocenters. The van der Waals surface area contributed by atoms with Crippen LogP contribution in [-0.4, -0.2) is 24.3 Å². The molecule has 1 aliphatic rings. The third-order valence-corrected chi connectivity index (χ3v) is 4.11. The first-order valence-corrected chi connectivity index (χ1v) is 8.39. The molecular formula is C19H14Cl2N2O2. The van der Waals surface area contributed by atoms with Crippen molar-refractivity contribution in [2.24, 2.45) is 5.16 Å². The SMILES string of the molecule is O=C(NCC#Cc1ccccc1)C1CC(c2ccc(Cl)cc2Cl)=NO1. The Labute approximate surface area is 155 Å². The van der Waals surface area contributed by atoms with Crippen molar-refractivity contribution in [2.45, 2.75) is 12.5 Å². The van der Waals surface area contributed by atoms with Gasteiger partial charge in [0.25, 0.3) is 5.91 Å². The molecule has 0 fully saturated rings. The lowest BCUT2D eigenvalue weighted by Gasteiger charge is -2.07. The average molecular weight is 373 g/mol. The van der Waals surface area contributed by atoms with Gasteiger partial charge in [0.2, 0.25) is 6.10 Å². The standard InChI is InChI=1S/C19H14Cl2N2O2/c20-14-8-9-15(16(21)11-14)17-12-18(25-23-17)19(24)22-10-4-7-13-5-2-1-3-6-13/h1-3,5-6,8-9,11,18H,10,12H2,(H,22,24). The van der Waals surface area contributed by atoms with Crippen molar-refractivity contribution in [3.63, 3.8) is 0 Å². The van der Waals surface area contributed by atoms with Crippen molar-refractivity contribution >= 4 is 34.8 Å². The lowest BCUT2D eigenvalue weighted by Crippen LogP contribution is -2.35. The van der Waals surface area contributed by atoms with Crippen LogP contribution in [0.15, 0.2) is 53.7 Å². The molecule has 6 heteroatoms. The topological polar surface area (TPSA) is 50.7 Å². The van der Waals surface area contributed by atoms with Crippen LogP contribution in [0.3, 0.4) is 0 Å². The maximum atomic E-state index is 12.1. The summed E-state index contributed by atoms with van der Waals surface area (Å²) in [6, 6.07) is 14.7. The highest BCUT2D eigenvalue weighted by Gasteiger charge is 2.29. The summed E-state index contributed by atoms with van der Waals surface area (Å²) in [6.45, 7) is 0.241. The molecule has 126 valence electrons. The molecule has 1 aliphatic heterocycles. The van der Waals surface area contributed by atoms with E-state index >= 15 is 0 Å². The van der Waals surface area contributed by atoms with Crippen LogP contribution < -0.4 is 5.32 Å². The van der Waals surface area contributed by atoms with Crippen LogP contribution in [0.1, 0.15) is 17.5 Å². The van der Waals surface area contributed by atoms with Crippen molar-refractivity contribution in [3.8, 4) is 11.8 Å². The quantitative estimate of drug-likeness (QED) is 0.835. The van der Waals surface area contributed by atoms with E-state index in [0.29, 0.717) is 27.7 Å². The molecule has 1 amide bonds. The molecule has 2 aromatic carbocycles. The van der Waals surface area contributed by atoms with Crippen molar-refractivity contribution in [1.29, 1.82) is 0 Å². The van der Waals surface area contributed by atoms with E-state index in [1.807, 2.05) is 30.3 Å². The predicted octanol–water partition coefficient (Wildman–Crippen LogP) is 3.65. The lowest BCUT2D eigenvalue weighted by molar-refractivity contribution is -0.130. The van der Waals surface area contributed by atoms with Gasteiger partial charge >= 0.3 is 0 Å². The summed E-state index contributed by atoms with van der Waals surface area (Å²) < 4.78 is 0. The minimum Gasteiger partial charge on any atom is -0.382 e. The Balaban J connectivity index is 1.53. The summed E-state index contributed by atoms with van der Waals surface area (Å²) >= 11 is 12.0. The van der Waals surface area contributed by atoms with Gasteiger partial charge in [-0.15, -0.1) is 0 Å². The highest BCUT2D eigenvalue weighted by molar-refractivity contribution is 6.37. The maximum absolute atomic E-state index is 12.1. The Bertz CT molecular complexity index is 870. The zero-order valence-corrected chi connectivity index (χ0v) is 14.6. The molecule has 0 aliphatic carbocycles. The Morgan fingerprint density at radius 2 is 2.04 bits per heavy atom. The summed E-state index contributed by atoms with van der Waals surface area (Å²) in [7, 11) is 0. The second kappa shape index (κ2) is 8.06. The number of nitrogens with one attached hydrogen (secondary N) is 1. The Kier molecular flexibility index (Phi) is 5.60. The number of nitrogens with zero attached hydrogens (tertiary/aromatic N) is 1. The predicted molar refractivity (Wildman–Crippen MR) is 98.8 cm³/mol. The van der Waals surface area contributed by atoms with E-state index in [0.717, 1.165) is 5.56 Å². The number of halogens is 2. The molecule has 25 heavy (non-hydrogen) atoms. The normalized spacial score (nSPS) is 15.6. The summed E-state index contributed by atoms with van der Waals surface area (Å²) in [5.41, 5.74) is 2.24. The van der Waals surface area contributed by atoms with Gasteiger partial charge in [-0.25, -0.2) is 0 Å². The fraction of sp³-hybridized carbons (Fsp3) is 0.158. The van der Waals surface area contributed by atoms with Crippen LogP contribution in [0, 0.1) is 11.8 Å². The van der Waals surface area contributed by atoms with Crippen molar-refractivity contribution < 1.29 is 9.63 Å². The minimum absolute atomic E-state index is 0.241. The molecule has 0 aromatic heterocycles. The number of hydrogen-bond donors (Lipinski definition) is 1. The summed E-state index contributed by atoms with van der Waals surface area (Å²) in [5, 5.41) is 7.71. The second-order valence-electron chi connectivity index (χ2n) is 5.35. The summed E-state index contributed by atoms with van der Waals surface area (Å²) in [5.74, 6) is 5.62. The number of carbonyl (C=O) groups is 1. The van der Waals surface area contributed by atoms with E-state index in [2.05, 4.69) is 22.3 Å². The summed E-state index contributed by atoms with van der Waals surface area (Å²) in [6.07, 6.45) is -0.334. The van der Waals surface area contributed by atoms with Gasteiger partial charge in [0.05, 0.1) is 17.3 Å². The highest BCUT2D eigenvalue weighted by atomic mass is 35.5. The van der Waals surface area contributed by atoms with Gasteiger partial charge in [-0.2, -0.15) is 0 Å². The zero-order valence-electron chi connectivity index (χ0n) is 13.1. The van der Waals surface area contributed by atoms with E-state index in [4.69, 9.17) is 28.0 Å². The third-order valence-electron chi connectivity index (χ3n) is 3.56. The van der Waals surface area contributed by atoms with Gasteiger partial charge in [0, 0.05) is 22.6 Å².